The van der Waals surface area contributed by atoms with Gasteiger partial charge < -0.3 is 5.32 Å². The van der Waals surface area contributed by atoms with Crippen molar-refractivity contribution in [2.75, 3.05) is 0 Å². The quantitative estimate of drug-likeness (QED) is 0.498. The van der Waals surface area contributed by atoms with Crippen LogP contribution < -0.4 is 5.32 Å². The number of allylic oxidation sites excluding steroid dienone is 1. The predicted molar refractivity (Wildman–Crippen MR) is 101 cm³/mol. The highest BCUT2D eigenvalue weighted by molar-refractivity contribution is 5.77. The van der Waals surface area contributed by atoms with Crippen LogP contribution in [0.5, 0.6) is 0 Å². The first-order valence-electron chi connectivity index (χ1n) is 8.84. The maximum Gasteiger partial charge on any atom is 0.221 e. The van der Waals surface area contributed by atoms with Gasteiger partial charge in [-0.25, -0.2) is 0 Å². The van der Waals surface area contributed by atoms with Gasteiger partial charge in [-0.2, -0.15) is 0 Å². The highest BCUT2D eigenvalue weighted by Gasteiger charge is 2.11. The van der Waals surface area contributed by atoms with Gasteiger partial charge in [0.2, 0.25) is 5.91 Å². The molecule has 0 saturated carbocycles. The molecule has 0 spiro atoms. The molecular formula is C22H27NO. The van der Waals surface area contributed by atoms with E-state index in [1.54, 1.807) is 0 Å². The van der Waals surface area contributed by atoms with Crippen molar-refractivity contribution >= 4 is 5.91 Å². The molecule has 24 heavy (non-hydrogen) atoms. The van der Waals surface area contributed by atoms with Crippen molar-refractivity contribution in [2.45, 2.75) is 45.1 Å². The number of hydrogen-bond donors (Lipinski definition) is 1. The lowest BCUT2D eigenvalue weighted by Gasteiger charge is -2.16. The van der Waals surface area contributed by atoms with Crippen molar-refractivity contribution in [1.82, 2.24) is 5.32 Å². The molecule has 0 unspecified atom stereocenters. The summed E-state index contributed by atoms with van der Waals surface area (Å²) in [5, 5.41) is 3.15. The van der Waals surface area contributed by atoms with Crippen LogP contribution in [0.15, 0.2) is 72.8 Å². The first-order chi connectivity index (χ1) is 11.8. The molecule has 0 radical (unpaired) electrons. The average molecular weight is 321 g/mol. The molecule has 126 valence electrons. The molecule has 0 bridgehead atoms. The highest BCUT2D eigenvalue weighted by Crippen LogP contribution is 2.15. The van der Waals surface area contributed by atoms with Crippen molar-refractivity contribution in [3.05, 3.63) is 83.9 Å². The van der Waals surface area contributed by atoms with Crippen LogP contribution >= 0.6 is 0 Å². The fourth-order valence-electron chi connectivity index (χ4n) is 2.61. The van der Waals surface area contributed by atoms with Crippen LogP contribution in [-0.4, -0.2) is 5.91 Å². The predicted octanol–water partition coefficient (Wildman–Crippen LogP) is 5.22. The van der Waals surface area contributed by atoms with Crippen molar-refractivity contribution in [2.24, 2.45) is 0 Å². The van der Waals surface area contributed by atoms with Crippen LogP contribution in [0.3, 0.4) is 0 Å². The molecule has 0 saturated heterocycles. The van der Waals surface area contributed by atoms with E-state index in [0.717, 1.165) is 18.4 Å². The molecule has 0 aliphatic rings. The monoisotopic (exact) mass is 321 g/mol. The Bertz CT molecular complexity index is 619. The zero-order valence-electron chi connectivity index (χ0n) is 14.4. The van der Waals surface area contributed by atoms with Crippen molar-refractivity contribution in [1.29, 1.82) is 0 Å². The van der Waals surface area contributed by atoms with Gasteiger partial charge in [-0.1, -0.05) is 92.6 Å². The molecule has 0 heterocycles. The van der Waals surface area contributed by atoms with Crippen molar-refractivity contribution < 1.29 is 4.79 Å². The Kier molecular flexibility index (Phi) is 7.82. The Hall–Kier alpha value is -2.35. The maximum atomic E-state index is 12.3. The lowest BCUT2D eigenvalue weighted by atomic mass is 10.0. The zero-order valence-corrected chi connectivity index (χ0v) is 14.4. The molecule has 0 aromatic heterocycles. The molecule has 0 aliphatic carbocycles. The van der Waals surface area contributed by atoms with Gasteiger partial charge in [0.15, 0.2) is 0 Å². The van der Waals surface area contributed by atoms with Crippen LogP contribution in [-0.2, 0) is 11.2 Å². The Morgan fingerprint density at radius 3 is 2.38 bits per heavy atom. The van der Waals surface area contributed by atoms with Gasteiger partial charge in [0, 0.05) is 6.42 Å². The molecule has 1 atom stereocenters. The third-order valence-electron chi connectivity index (χ3n) is 4.01. The van der Waals surface area contributed by atoms with E-state index >= 15 is 0 Å². The summed E-state index contributed by atoms with van der Waals surface area (Å²) in [6.07, 6.45) is 9.00. The molecule has 1 amide bonds. The number of rotatable bonds is 9. The van der Waals surface area contributed by atoms with E-state index < -0.39 is 0 Å². The zero-order chi connectivity index (χ0) is 17.0. The molecule has 2 nitrogen and oxygen atoms in total. The molecule has 2 heteroatoms. The van der Waals surface area contributed by atoms with Crippen LogP contribution in [0, 0.1) is 0 Å². The van der Waals surface area contributed by atoms with E-state index in [-0.39, 0.29) is 11.9 Å². The van der Waals surface area contributed by atoms with Gasteiger partial charge in [-0.3, -0.25) is 4.79 Å². The summed E-state index contributed by atoms with van der Waals surface area (Å²) in [6.45, 7) is 2.19. The second-order valence-electron chi connectivity index (χ2n) is 6.01. The van der Waals surface area contributed by atoms with Crippen molar-refractivity contribution in [3.8, 4) is 0 Å². The Balaban J connectivity index is 1.94. The largest absolute Gasteiger partial charge is 0.346 e. The lowest BCUT2D eigenvalue weighted by Crippen LogP contribution is -2.27. The molecule has 2 aromatic carbocycles. The third-order valence-corrected chi connectivity index (χ3v) is 4.01. The molecule has 0 fully saturated rings. The molecular weight excluding hydrogens is 294 g/mol. The summed E-state index contributed by atoms with van der Waals surface area (Å²) < 4.78 is 0. The highest BCUT2D eigenvalue weighted by atomic mass is 16.1. The second-order valence-corrected chi connectivity index (χ2v) is 6.01. The van der Waals surface area contributed by atoms with Crippen LogP contribution in [0.4, 0.5) is 0 Å². The number of nitrogens with one attached hydrogen (secondary N) is 1. The van der Waals surface area contributed by atoms with Gasteiger partial charge in [0.05, 0.1) is 6.04 Å². The number of amides is 1. The summed E-state index contributed by atoms with van der Waals surface area (Å²) in [4.78, 5) is 12.3. The summed E-state index contributed by atoms with van der Waals surface area (Å²) in [7, 11) is 0. The number of benzene rings is 2. The molecule has 2 aromatic rings. The van der Waals surface area contributed by atoms with Gasteiger partial charge in [0.25, 0.3) is 0 Å². The van der Waals surface area contributed by atoms with E-state index in [4.69, 9.17) is 0 Å². The number of unbranched alkanes of at least 4 members (excludes halogenated alkanes) is 2. The first-order valence-corrected chi connectivity index (χ1v) is 8.84. The summed E-state index contributed by atoms with van der Waals surface area (Å²) in [5.74, 6) is 0.0906. The number of aryl methyl sites for hydroxylation is 1. The topological polar surface area (TPSA) is 29.1 Å². The van der Waals surface area contributed by atoms with Gasteiger partial charge >= 0.3 is 0 Å². The third kappa shape index (κ3) is 6.41. The average Bonchev–Trinajstić information content (AvgIpc) is 2.64. The Labute approximate surface area is 145 Å². The van der Waals surface area contributed by atoms with E-state index in [1.165, 1.54) is 18.4 Å². The SMILES string of the molecule is CCCCC=C[C@@H](NC(=O)CCc1ccccc1)c1ccccc1. The van der Waals surface area contributed by atoms with Crippen LogP contribution in [0.25, 0.3) is 0 Å². The van der Waals surface area contributed by atoms with Crippen LogP contribution in [0.1, 0.15) is 49.8 Å². The molecule has 0 aliphatic heterocycles. The summed E-state index contributed by atoms with van der Waals surface area (Å²) >= 11 is 0. The Morgan fingerprint density at radius 1 is 1.04 bits per heavy atom. The van der Waals surface area contributed by atoms with Gasteiger partial charge in [-0.15, -0.1) is 0 Å². The standard InChI is InChI=1S/C22H27NO/c1-2-3-4-11-16-21(20-14-9-6-10-15-20)23-22(24)18-17-19-12-7-5-8-13-19/h5-16,21H,2-4,17-18H2,1H3,(H,23,24)/t21-/m1/s1. The fraction of sp³-hybridized carbons (Fsp3) is 0.318. The fourth-order valence-corrected chi connectivity index (χ4v) is 2.61. The minimum atomic E-state index is -0.0497. The van der Waals surface area contributed by atoms with E-state index in [2.05, 4.69) is 48.7 Å². The summed E-state index contributed by atoms with van der Waals surface area (Å²) in [5.41, 5.74) is 2.32. The maximum absolute atomic E-state index is 12.3. The first kappa shape index (κ1) is 18.0. The number of hydrogen-bond acceptors (Lipinski definition) is 1. The van der Waals surface area contributed by atoms with Gasteiger partial charge in [0.1, 0.15) is 0 Å². The number of carbonyl (C=O) groups excluding carboxylic acids is 1. The second kappa shape index (κ2) is 10.4. The summed E-state index contributed by atoms with van der Waals surface area (Å²) in [6, 6.07) is 20.2. The minimum absolute atomic E-state index is 0.0497. The lowest BCUT2D eigenvalue weighted by molar-refractivity contribution is -0.121. The minimum Gasteiger partial charge on any atom is -0.346 e. The van der Waals surface area contributed by atoms with Crippen LogP contribution in [0.2, 0.25) is 0 Å². The molecule has 2 rings (SSSR count). The smallest absolute Gasteiger partial charge is 0.221 e. The number of carbonyl (C=O) groups is 1. The van der Waals surface area contributed by atoms with E-state index in [9.17, 15) is 4.79 Å². The van der Waals surface area contributed by atoms with E-state index in [1.807, 2.05) is 36.4 Å². The van der Waals surface area contributed by atoms with Crippen molar-refractivity contribution in [3.63, 3.8) is 0 Å². The normalized spacial score (nSPS) is 12.2. The Morgan fingerprint density at radius 2 is 1.71 bits per heavy atom. The van der Waals surface area contributed by atoms with Gasteiger partial charge in [-0.05, 0) is 24.0 Å². The molecule has 1 N–H and O–H groups in total. The van der Waals surface area contributed by atoms with E-state index in [0.29, 0.717) is 6.42 Å².